The van der Waals surface area contributed by atoms with E-state index in [0.717, 1.165) is 6.42 Å². The summed E-state index contributed by atoms with van der Waals surface area (Å²) in [5.41, 5.74) is 0. The van der Waals surface area contributed by atoms with Gasteiger partial charge in [-0.15, -0.1) is 0 Å². The Morgan fingerprint density at radius 3 is 2.81 bits per heavy atom. The Labute approximate surface area is 126 Å². The SMILES string of the molecule is CCCCS(=O)(=O)N1C[C@@H]2[C@@H](C1)OCC(=O)N2CCOC. The maximum atomic E-state index is 12.3. The van der Waals surface area contributed by atoms with Crippen molar-refractivity contribution in [3.63, 3.8) is 0 Å². The summed E-state index contributed by atoms with van der Waals surface area (Å²) in [4.78, 5) is 13.6. The number of sulfonamides is 1. The average molecular weight is 320 g/mol. The molecule has 122 valence electrons. The van der Waals surface area contributed by atoms with Gasteiger partial charge in [0, 0.05) is 26.7 Å². The van der Waals surface area contributed by atoms with Gasteiger partial charge in [-0.2, -0.15) is 4.31 Å². The molecule has 0 aromatic heterocycles. The molecule has 2 atom stereocenters. The number of nitrogens with zero attached hydrogens (tertiary/aromatic N) is 2. The fraction of sp³-hybridized carbons (Fsp3) is 0.923. The van der Waals surface area contributed by atoms with Gasteiger partial charge in [0.2, 0.25) is 15.9 Å². The van der Waals surface area contributed by atoms with Crippen LogP contribution in [-0.2, 0) is 24.3 Å². The summed E-state index contributed by atoms with van der Waals surface area (Å²) in [5.74, 6) is 0.0655. The minimum atomic E-state index is -3.26. The number of hydrogen-bond donors (Lipinski definition) is 0. The van der Waals surface area contributed by atoms with E-state index in [0.29, 0.717) is 32.7 Å². The predicted molar refractivity (Wildman–Crippen MR) is 77.4 cm³/mol. The maximum Gasteiger partial charge on any atom is 0.249 e. The van der Waals surface area contributed by atoms with E-state index in [1.54, 1.807) is 12.0 Å². The summed E-state index contributed by atoms with van der Waals surface area (Å²) in [6.45, 7) is 3.57. The Hall–Kier alpha value is -0.700. The molecule has 0 aliphatic carbocycles. The minimum Gasteiger partial charge on any atom is -0.383 e. The number of unbranched alkanes of at least 4 members (excludes halogenated alkanes) is 1. The topological polar surface area (TPSA) is 76.2 Å². The first-order chi connectivity index (χ1) is 9.99. The fourth-order valence-corrected chi connectivity index (χ4v) is 4.46. The van der Waals surface area contributed by atoms with Crippen LogP contribution in [0, 0.1) is 0 Å². The lowest BCUT2D eigenvalue weighted by molar-refractivity contribution is -0.153. The molecule has 0 radical (unpaired) electrons. The van der Waals surface area contributed by atoms with E-state index in [1.165, 1.54) is 4.31 Å². The third kappa shape index (κ3) is 3.74. The van der Waals surface area contributed by atoms with Gasteiger partial charge in [0.05, 0.1) is 24.5 Å². The molecular weight excluding hydrogens is 296 g/mol. The largest absolute Gasteiger partial charge is 0.383 e. The highest BCUT2D eigenvalue weighted by molar-refractivity contribution is 7.89. The molecule has 2 fully saturated rings. The lowest BCUT2D eigenvalue weighted by Crippen LogP contribution is -2.54. The Balaban J connectivity index is 2.05. The van der Waals surface area contributed by atoms with Crippen molar-refractivity contribution in [3.8, 4) is 0 Å². The van der Waals surface area contributed by atoms with Gasteiger partial charge in [0.15, 0.2) is 0 Å². The summed E-state index contributed by atoms with van der Waals surface area (Å²) in [5, 5.41) is 0. The number of rotatable bonds is 7. The van der Waals surface area contributed by atoms with Gasteiger partial charge in [0.25, 0.3) is 0 Å². The highest BCUT2D eigenvalue weighted by atomic mass is 32.2. The van der Waals surface area contributed by atoms with E-state index < -0.39 is 10.0 Å². The van der Waals surface area contributed by atoms with Crippen LogP contribution in [0.2, 0.25) is 0 Å². The summed E-state index contributed by atoms with van der Waals surface area (Å²) in [7, 11) is -1.68. The van der Waals surface area contributed by atoms with Crippen molar-refractivity contribution >= 4 is 15.9 Å². The molecule has 21 heavy (non-hydrogen) atoms. The van der Waals surface area contributed by atoms with Crippen LogP contribution in [0.5, 0.6) is 0 Å². The Bertz CT molecular complexity index is 467. The van der Waals surface area contributed by atoms with E-state index in [-0.39, 0.29) is 30.4 Å². The van der Waals surface area contributed by atoms with Crippen LogP contribution >= 0.6 is 0 Å². The summed E-state index contributed by atoms with van der Waals surface area (Å²) in [6, 6.07) is -0.196. The fourth-order valence-electron chi connectivity index (χ4n) is 2.80. The number of methoxy groups -OCH3 is 1. The number of carbonyl (C=O) groups excluding carboxylic acids is 1. The van der Waals surface area contributed by atoms with Crippen LogP contribution in [-0.4, -0.2) is 81.4 Å². The molecule has 7 nitrogen and oxygen atoms in total. The second-order valence-electron chi connectivity index (χ2n) is 5.48. The number of fused-ring (bicyclic) bond motifs is 1. The molecule has 0 spiro atoms. The summed E-state index contributed by atoms with van der Waals surface area (Å²) >= 11 is 0. The highest BCUT2D eigenvalue weighted by Gasteiger charge is 2.46. The van der Waals surface area contributed by atoms with Crippen molar-refractivity contribution in [2.75, 3.05) is 45.7 Å². The molecule has 2 aliphatic rings. The molecule has 0 bridgehead atoms. The minimum absolute atomic E-state index is 0.0216. The van der Waals surface area contributed by atoms with Crippen LogP contribution < -0.4 is 0 Å². The Morgan fingerprint density at radius 2 is 2.14 bits per heavy atom. The second kappa shape index (κ2) is 7.04. The van der Waals surface area contributed by atoms with Gasteiger partial charge in [-0.3, -0.25) is 4.79 Å². The Kier molecular flexibility index (Phi) is 5.59. The number of carbonyl (C=O) groups is 1. The van der Waals surface area contributed by atoms with Gasteiger partial charge in [-0.25, -0.2) is 8.42 Å². The predicted octanol–water partition coefficient (Wildman–Crippen LogP) is -0.326. The zero-order valence-corrected chi connectivity index (χ0v) is 13.5. The van der Waals surface area contributed by atoms with Crippen molar-refractivity contribution in [1.82, 2.24) is 9.21 Å². The average Bonchev–Trinajstić information content (AvgIpc) is 2.89. The van der Waals surface area contributed by atoms with Crippen molar-refractivity contribution in [2.24, 2.45) is 0 Å². The second-order valence-corrected chi connectivity index (χ2v) is 7.57. The molecule has 0 aromatic rings. The van der Waals surface area contributed by atoms with Crippen LogP contribution in [0.15, 0.2) is 0 Å². The molecule has 2 saturated heterocycles. The lowest BCUT2D eigenvalue weighted by Gasteiger charge is -2.36. The van der Waals surface area contributed by atoms with Crippen molar-refractivity contribution < 1.29 is 22.7 Å². The molecule has 0 saturated carbocycles. The monoisotopic (exact) mass is 320 g/mol. The van der Waals surface area contributed by atoms with Crippen molar-refractivity contribution in [1.29, 1.82) is 0 Å². The maximum absolute atomic E-state index is 12.3. The van der Waals surface area contributed by atoms with Gasteiger partial charge in [-0.1, -0.05) is 13.3 Å². The van der Waals surface area contributed by atoms with E-state index in [2.05, 4.69) is 0 Å². The van der Waals surface area contributed by atoms with Crippen molar-refractivity contribution in [2.45, 2.75) is 31.9 Å². The standard InChI is InChI=1S/C13H24N2O5S/c1-3-4-7-21(17,18)14-8-11-12(9-14)20-10-13(16)15(11)5-6-19-2/h11-12H,3-10H2,1-2H3/t11-,12-/m1/s1. The van der Waals surface area contributed by atoms with Gasteiger partial charge in [-0.05, 0) is 6.42 Å². The molecular formula is C13H24N2O5S. The quantitative estimate of drug-likeness (QED) is 0.642. The normalized spacial score (nSPS) is 27.1. The molecule has 8 heteroatoms. The number of morpholine rings is 1. The zero-order valence-electron chi connectivity index (χ0n) is 12.7. The smallest absolute Gasteiger partial charge is 0.249 e. The van der Waals surface area contributed by atoms with Crippen LogP contribution in [0.25, 0.3) is 0 Å². The highest BCUT2D eigenvalue weighted by Crippen LogP contribution is 2.25. The van der Waals surface area contributed by atoms with E-state index in [9.17, 15) is 13.2 Å². The molecule has 0 aromatic carbocycles. The van der Waals surface area contributed by atoms with E-state index >= 15 is 0 Å². The summed E-state index contributed by atoms with van der Waals surface area (Å²) < 4.78 is 36.6. The molecule has 2 heterocycles. The van der Waals surface area contributed by atoms with E-state index in [4.69, 9.17) is 9.47 Å². The van der Waals surface area contributed by atoms with Gasteiger partial charge < -0.3 is 14.4 Å². The third-order valence-electron chi connectivity index (χ3n) is 4.03. The Morgan fingerprint density at radius 1 is 1.38 bits per heavy atom. The molecule has 1 amide bonds. The lowest BCUT2D eigenvalue weighted by atomic mass is 10.1. The summed E-state index contributed by atoms with van der Waals surface area (Å²) in [6.07, 6.45) is 1.27. The first kappa shape index (κ1) is 16.7. The first-order valence-electron chi connectivity index (χ1n) is 7.37. The van der Waals surface area contributed by atoms with Gasteiger partial charge >= 0.3 is 0 Å². The third-order valence-corrected chi connectivity index (χ3v) is 5.92. The molecule has 0 unspecified atom stereocenters. The van der Waals surface area contributed by atoms with Gasteiger partial charge in [0.1, 0.15) is 6.61 Å². The van der Waals surface area contributed by atoms with Crippen LogP contribution in [0.3, 0.4) is 0 Å². The zero-order chi connectivity index (χ0) is 15.5. The number of amides is 1. The first-order valence-corrected chi connectivity index (χ1v) is 8.98. The van der Waals surface area contributed by atoms with Crippen LogP contribution in [0.1, 0.15) is 19.8 Å². The van der Waals surface area contributed by atoms with Crippen LogP contribution in [0.4, 0.5) is 0 Å². The number of ether oxygens (including phenoxy) is 2. The molecule has 0 N–H and O–H groups in total. The molecule has 2 aliphatic heterocycles. The number of hydrogen-bond acceptors (Lipinski definition) is 5. The molecule has 2 rings (SSSR count). The van der Waals surface area contributed by atoms with Crippen molar-refractivity contribution in [3.05, 3.63) is 0 Å². The van der Waals surface area contributed by atoms with E-state index in [1.807, 2.05) is 6.92 Å².